The van der Waals surface area contributed by atoms with Gasteiger partial charge in [-0.15, -0.1) is 0 Å². The molecule has 2 aromatic carbocycles. The van der Waals surface area contributed by atoms with Crippen molar-refractivity contribution in [2.45, 2.75) is 23.3 Å². The molecule has 0 saturated carbocycles. The van der Waals surface area contributed by atoms with Crippen LogP contribution in [0.5, 0.6) is 0 Å². The first-order chi connectivity index (χ1) is 12.2. The number of carbonyl (C=O) groups excluding carboxylic acids is 1. The molecule has 0 aliphatic rings. The number of rotatable bonds is 5. The van der Waals surface area contributed by atoms with Gasteiger partial charge in [-0.2, -0.15) is 0 Å². The first kappa shape index (κ1) is 20.8. The van der Waals surface area contributed by atoms with Crippen molar-refractivity contribution in [3.05, 3.63) is 65.7 Å². The Labute approximate surface area is 173 Å². The number of aryl methyl sites for hydroxylation is 1. The van der Waals surface area contributed by atoms with E-state index in [1.54, 1.807) is 0 Å². The Bertz CT molecular complexity index is 766. The predicted octanol–water partition coefficient (Wildman–Crippen LogP) is 4.34. The number of thiocarbonyl (C=S) groups is 1. The van der Waals surface area contributed by atoms with E-state index in [1.807, 2.05) is 61.5 Å². The summed E-state index contributed by atoms with van der Waals surface area (Å²) < 4.78 is -1.79. The summed E-state index contributed by atoms with van der Waals surface area (Å²) in [6, 6.07) is 16.9. The lowest BCUT2D eigenvalue weighted by Crippen LogP contribution is -2.56. The third-order valence-electron chi connectivity index (χ3n) is 3.39. The highest BCUT2D eigenvalue weighted by molar-refractivity contribution is 7.80. The SMILES string of the molecule is Cc1cccc(NC(=S)N[C@@H](NC(=O)Cc2ccccc2)C(Cl)(Cl)Cl)c1. The number of carbonyl (C=O) groups is 1. The van der Waals surface area contributed by atoms with Gasteiger partial charge in [0.05, 0.1) is 6.42 Å². The Morgan fingerprint density at radius 1 is 1.08 bits per heavy atom. The third kappa shape index (κ3) is 7.00. The van der Waals surface area contributed by atoms with E-state index in [9.17, 15) is 4.79 Å². The molecule has 0 radical (unpaired) electrons. The van der Waals surface area contributed by atoms with Crippen LogP contribution in [-0.4, -0.2) is 21.0 Å². The topological polar surface area (TPSA) is 53.2 Å². The second-order valence-electron chi connectivity index (χ2n) is 5.67. The van der Waals surface area contributed by atoms with E-state index in [4.69, 9.17) is 47.0 Å². The summed E-state index contributed by atoms with van der Waals surface area (Å²) in [5.74, 6) is -0.293. The summed E-state index contributed by atoms with van der Waals surface area (Å²) in [5.41, 5.74) is 2.72. The number of benzene rings is 2. The Morgan fingerprint density at radius 2 is 1.77 bits per heavy atom. The zero-order valence-electron chi connectivity index (χ0n) is 13.9. The maximum Gasteiger partial charge on any atom is 0.228 e. The van der Waals surface area contributed by atoms with Gasteiger partial charge in [0.15, 0.2) is 5.11 Å². The number of alkyl halides is 3. The van der Waals surface area contributed by atoms with Gasteiger partial charge in [-0.1, -0.05) is 77.3 Å². The molecule has 0 bridgehead atoms. The van der Waals surface area contributed by atoms with Crippen LogP contribution in [0.25, 0.3) is 0 Å². The molecule has 0 spiro atoms. The summed E-state index contributed by atoms with van der Waals surface area (Å²) in [4.78, 5) is 12.3. The Morgan fingerprint density at radius 3 is 2.38 bits per heavy atom. The highest BCUT2D eigenvalue weighted by Gasteiger charge is 2.34. The van der Waals surface area contributed by atoms with Crippen LogP contribution in [0.4, 0.5) is 5.69 Å². The molecule has 4 nitrogen and oxygen atoms in total. The van der Waals surface area contributed by atoms with Crippen LogP contribution in [0.2, 0.25) is 0 Å². The minimum Gasteiger partial charge on any atom is -0.339 e. The van der Waals surface area contributed by atoms with Gasteiger partial charge in [0, 0.05) is 5.69 Å². The fourth-order valence-corrected chi connectivity index (χ4v) is 2.78. The summed E-state index contributed by atoms with van der Waals surface area (Å²) in [6.07, 6.45) is -0.828. The molecule has 26 heavy (non-hydrogen) atoms. The molecule has 8 heteroatoms. The molecule has 0 aromatic heterocycles. The maximum atomic E-state index is 12.3. The zero-order chi connectivity index (χ0) is 19.2. The number of anilines is 1. The van der Waals surface area contributed by atoms with Gasteiger partial charge in [-0.05, 0) is 42.4 Å². The highest BCUT2D eigenvalue weighted by atomic mass is 35.6. The minimum atomic E-state index is -1.79. The first-order valence-corrected chi connectivity index (χ1v) is 9.32. The number of amides is 1. The van der Waals surface area contributed by atoms with E-state index < -0.39 is 9.96 Å². The number of hydrogen-bond acceptors (Lipinski definition) is 2. The summed E-state index contributed by atoms with van der Waals surface area (Å²) in [7, 11) is 0. The highest BCUT2D eigenvalue weighted by Crippen LogP contribution is 2.29. The predicted molar refractivity (Wildman–Crippen MR) is 113 cm³/mol. The molecule has 0 aliphatic carbocycles. The second-order valence-corrected chi connectivity index (χ2v) is 8.45. The van der Waals surface area contributed by atoms with Crippen molar-refractivity contribution >= 4 is 63.7 Å². The maximum absolute atomic E-state index is 12.3. The lowest BCUT2D eigenvalue weighted by Gasteiger charge is -2.27. The van der Waals surface area contributed by atoms with Crippen LogP contribution in [0.1, 0.15) is 11.1 Å². The standard InChI is InChI=1S/C18H18Cl3N3OS/c1-12-6-5-9-14(10-12)22-17(26)24-16(18(19,20)21)23-15(25)11-13-7-3-2-4-8-13/h2-10,16H,11H2,1H3,(H,23,25)(H2,22,24,26)/t16-/m1/s1. The molecule has 0 unspecified atom stereocenters. The van der Waals surface area contributed by atoms with Gasteiger partial charge in [0.25, 0.3) is 0 Å². The van der Waals surface area contributed by atoms with E-state index in [2.05, 4.69) is 16.0 Å². The van der Waals surface area contributed by atoms with Gasteiger partial charge in [-0.25, -0.2) is 0 Å². The molecular weight excluding hydrogens is 413 g/mol. The van der Waals surface area contributed by atoms with Crippen molar-refractivity contribution in [1.29, 1.82) is 0 Å². The van der Waals surface area contributed by atoms with E-state index in [0.717, 1.165) is 16.8 Å². The smallest absolute Gasteiger partial charge is 0.228 e. The molecule has 0 saturated heterocycles. The Balaban J connectivity index is 1.98. The monoisotopic (exact) mass is 429 g/mol. The quantitative estimate of drug-likeness (QED) is 0.375. The van der Waals surface area contributed by atoms with Crippen molar-refractivity contribution in [2.75, 3.05) is 5.32 Å². The molecule has 0 fully saturated rings. The Kier molecular flexibility index (Phi) is 7.53. The summed E-state index contributed by atoms with van der Waals surface area (Å²) >= 11 is 23.2. The van der Waals surface area contributed by atoms with Gasteiger partial charge in [0.2, 0.25) is 9.70 Å². The second kappa shape index (κ2) is 9.42. The third-order valence-corrected chi connectivity index (χ3v) is 4.27. The molecule has 3 N–H and O–H groups in total. The van der Waals surface area contributed by atoms with Gasteiger partial charge in [0.1, 0.15) is 6.17 Å². The number of halogens is 3. The van der Waals surface area contributed by atoms with Crippen LogP contribution < -0.4 is 16.0 Å². The van der Waals surface area contributed by atoms with Crippen LogP contribution in [-0.2, 0) is 11.2 Å². The van der Waals surface area contributed by atoms with Crippen molar-refractivity contribution < 1.29 is 4.79 Å². The summed E-state index contributed by atoms with van der Waals surface area (Å²) in [6.45, 7) is 1.97. The largest absolute Gasteiger partial charge is 0.339 e. The van der Waals surface area contributed by atoms with Crippen LogP contribution in [0.3, 0.4) is 0 Å². The van der Waals surface area contributed by atoms with Crippen molar-refractivity contribution in [3.8, 4) is 0 Å². The number of hydrogen-bond donors (Lipinski definition) is 3. The van der Waals surface area contributed by atoms with E-state index in [0.29, 0.717) is 0 Å². The van der Waals surface area contributed by atoms with Crippen molar-refractivity contribution in [2.24, 2.45) is 0 Å². The van der Waals surface area contributed by atoms with Crippen molar-refractivity contribution in [1.82, 2.24) is 10.6 Å². The minimum absolute atomic E-state index is 0.165. The zero-order valence-corrected chi connectivity index (χ0v) is 17.0. The lowest BCUT2D eigenvalue weighted by molar-refractivity contribution is -0.121. The van der Waals surface area contributed by atoms with Gasteiger partial charge >= 0.3 is 0 Å². The molecule has 138 valence electrons. The Hall–Kier alpha value is -1.53. The van der Waals surface area contributed by atoms with Crippen LogP contribution in [0.15, 0.2) is 54.6 Å². The van der Waals surface area contributed by atoms with E-state index in [-0.39, 0.29) is 17.4 Å². The lowest BCUT2D eigenvalue weighted by atomic mass is 10.1. The fourth-order valence-electron chi connectivity index (χ4n) is 2.21. The van der Waals surface area contributed by atoms with Crippen LogP contribution >= 0.6 is 47.0 Å². The molecule has 1 atom stereocenters. The molecule has 1 amide bonds. The fraction of sp³-hybridized carbons (Fsp3) is 0.222. The molecule has 0 heterocycles. The van der Waals surface area contributed by atoms with E-state index in [1.165, 1.54) is 0 Å². The average Bonchev–Trinajstić information content (AvgIpc) is 2.54. The molecular formula is C18H18Cl3N3OS. The average molecular weight is 431 g/mol. The molecule has 2 rings (SSSR count). The summed E-state index contributed by atoms with van der Waals surface area (Å²) in [5, 5.41) is 8.72. The van der Waals surface area contributed by atoms with E-state index >= 15 is 0 Å². The van der Waals surface area contributed by atoms with Gasteiger partial charge in [-0.3, -0.25) is 4.79 Å². The van der Waals surface area contributed by atoms with Gasteiger partial charge < -0.3 is 16.0 Å². The number of nitrogens with one attached hydrogen (secondary N) is 3. The normalized spacial score (nSPS) is 12.2. The van der Waals surface area contributed by atoms with Crippen LogP contribution in [0, 0.1) is 6.92 Å². The first-order valence-electron chi connectivity index (χ1n) is 7.78. The van der Waals surface area contributed by atoms with Crippen molar-refractivity contribution in [3.63, 3.8) is 0 Å². The molecule has 0 aliphatic heterocycles. The molecule has 2 aromatic rings.